The fourth-order valence-corrected chi connectivity index (χ4v) is 7.50. The molecule has 0 spiro atoms. The Morgan fingerprint density at radius 1 is 0.527 bits per heavy atom. The molecule has 0 N–H and O–H groups in total. The third-order valence-corrected chi connectivity index (χ3v) is 11.3. The van der Waals surface area contributed by atoms with Crippen LogP contribution >= 0.6 is 0 Å². The monoisotopic (exact) mass is 771 g/mol. The van der Waals surface area contributed by atoms with E-state index >= 15 is 0 Å². The molecule has 3 atom stereocenters. The first-order chi connectivity index (χ1) is 26.8. The second-order valence-corrected chi connectivity index (χ2v) is 16.4. The molecule has 0 aliphatic heterocycles. The van der Waals surface area contributed by atoms with Crippen LogP contribution in [0.3, 0.4) is 0 Å². The van der Waals surface area contributed by atoms with Crippen molar-refractivity contribution in [2.75, 3.05) is 40.4 Å². The smallest absolute Gasteiger partial charge is 0.308 e. The molecule has 1 aromatic carbocycles. The number of ether oxygens (including phenoxy) is 2. The van der Waals surface area contributed by atoms with Crippen LogP contribution in [0.25, 0.3) is 0 Å². The molecule has 0 fully saturated rings. The zero-order chi connectivity index (χ0) is 40.4. The van der Waals surface area contributed by atoms with Crippen LogP contribution in [-0.2, 0) is 30.3 Å². The van der Waals surface area contributed by atoms with Gasteiger partial charge in [0.05, 0.1) is 24.9 Å². The van der Waals surface area contributed by atoms with Crippen LogP contribution in [0.2, 0.25) is 0 Å². The minimum Gasteiger partial charge on any atom is -0.464 e. The summed E-state index contributed by atoms with van der Waals surface area (Å²) < 4.78 is 11.9. The van der Waals surface area contributed by atoms with Gasteiger partial charge in [-0.05, 0) is 51.8 Å². The van der Waals surface area contributed by atoms with Gasteiger partial charge in [0.15, 0.2) is 0 Å². The number of rotatable bonds is 37. The normalized spacial score (nSPS) is 13.1. The standard InChI is InChI=1S/C48H86N2O5/c1-7-11-15-19-21-28-34-43(32-26-17-13-9-3)47(52)54-38-36-50(46(51)41-45(49(5)6)40-42-30-24-23-25-31-42)37-39-55-48(53)44(33-27-18-14-10-4)35-29-22-20-16-12-8-2/h23-25,30-31,43-45H,7-22,26-29,32-41H2,1-6H3. The minimum absolute atomic E-state index is 0.00637. The summed E-state index contributed by atoms with van der Waals surface area (Å²) >= 11 is 0. The van der Waals surface area contributed by atoms with Crippen LogP contribution in [0.15, 0.2) is 30.3 Å². The summed E-state index contributed by atoms with van der Waals surface area (Å²) in [6, 6.07) is 10.3. The van der Waals surface area contributed by atoms with Crippen molar-refractivity contribution >= 4 is 17.8 Å². The lowest BCUT2D eigenvalue weighted by atomic mass is 9.94. The lowest BCUT2D eigenvalue weighted by Gasteiger charge is -2.29. The van der Waals surface area contributed by atoms with Gasteiger partial charge in [0.1, 0.15) is 13.2 Å². The van der Waals surface area contributed by atoms with Gasteiger partial charge in [-0.25, -0.2) is 0 Å². The van der Waals surface area contributed by atoms with Crippen molar-refractivity contribution in [3.05, 3.63) is 35.9 Å². The highest BCUT2D eigenvalue weighted by molar-refractivity contribution is 5.77. The molecule has 1 aromatic rings. The molecule has 0 saturated heterocycles. The van der Waals surface area contributed by atoms with Crippen molar-refractivity contribution in [3.8, 4) is 0 Å². The molecule has 3 unspecified atom stereocenters. The Hall–Kier alpha value is -2.41. The maximum absolute atomic E-state index is 14.0. The molecule has 0 aliphatic carbocycles. The lowest BCUT2D eigenvalue weighted by molar-refractivity contribution is -0.152. The zero-order valence-corrected chi connectivity index (χ0v) is 36.8. The van der Waals surface area contributed by atoms with E-state index < -0.39 is 0 Å². The number of benzene rings is 1. The predicted molar refractivity (Wildman–Crippen MR) is 231 cm³/mol. The Kier molecular flexibility index (Phi) is 32.0. The highest BCUT2D eigenvalue weighted by atomic mass is 16.5. The molecule has 55 heavy (non-hydrogen) atoms. The van der Waals surface area contributed by atoms with E-state index in [0.29, 0.717) is 19.5 Å². The van der Waals surface area contributed by atoms with Crippen LogP contribution < -0.4 is 0 Å². The fraction of sp³-hybridized carbons (Fsp3) is 0.812. The van der Waals surface area contributed by atoms with Gasteiger partial charge in [-0.3, -0.25) is 14.4 Å². The van der Waals surface area contributed by atoms with Crippen LogP contribution in [0.1, 0.15) is 194 Å². The third-order valence-electron chi connectivity index (χ3n) is 11.3. The van der Waals surface area contributed by atoms with Crippen LogP contribution in [0.5, 0.6) is 0 Å². The third kappa shape index (κ3) is 26.2. The quantitative estimate of drug-likeness (QED) is 0.0495. The largest absolute Gasteiger partial charge is 0.464 e. The van der Waals surface area contributed by atoms with Crippen molar-refractivity contribution in [2.24, 2.45) is 11.8 Å². The fourth-order valence-electron chi connectivity index (χ4n) is 7.50. The average Bonchev–Trinajstić information content (AvgIpc) is 3.18. The first-order valence-corrected chi connectivity index (χ1v) is 23.1. The second-order valence-electron chi connectivity index (χ2n) is 16.4. The second kappa shape index (κ2) is 34.8. The number of hydrogen-bond donors (Lipinski definition) is 0. The first kappa shape index (κ1) is 50.6. The Morgan fingerprint density at radius 2 is 0.891 bits per heavy atom. The van der Waals surface area contributed by atoms with Gasteiger partial charge in [-0.15, -0.1) is 0 Å². The zero-order valence-electron chi connectivity index (χ0n) is 36.8. The number of amides is 1. The molecule has 0 saturated carbocycles. The van der Waals surface area contributed by atoms with Crippen LogP contribution in [-0.4, -0.2) is 74.1 Å². The Balaban J connectivity index is 2.96. The van der Waals surface area contributed by atoms with Gasteiger partial charge < -0.3 is 19.3 Å². The van der Waals surface area contributed by atoms with Crippen molar-refractivity contribution in [3.63, 3.8) is 0 Å². The molecule has 0 bridgehead atoms. The van der Waals surface area contributed by atoms with E-state index in [0.717, 1.165) is 83.5 Å². The predicted octanol–water partition coefficient (Wildman–Crippen LogP) is 12.1. The molecule has 1 rings (SSSR count). The number of likely N-dealkylation sites (N-methyl/N-ethyl adjacent to an activating group) is 1. The molecule has 0 aliphatic rings. The number of unbranched alkanes of at least 4 members (excludes halogenated alkanes) is 16. The number of carbonyl (C=O) groups excluding carboxylic acids is 3. The molecule has 7 nitrogen and oxygen atoms in total. The summed E-state index contributed by atoms with van der Waals surface area (Å²) in [5.74, 6) is -0.427. The van der Waals surface area contributed by atoms with E-state index in [2.05, 4.69) is 44.7 Å². The lowest BCUT2D eigenvalue weighted by Crippen LogP contribution is -2.42. The molecule has 1 amide bonds. The van der Waals surface area contributed by atoms with Gasteiger partial charge in [-0.1, -0.05) is 186 Å². The first-order valence-electron chi connectivity index (χ1n) is 23.1. The Morgan fingerprint density at radius 3 is 1.27 bits per heavy atom. The van der Waals surface area contributed by atoms with E-state index in [1.54, 1.807) is 4.90 Å². The summed E-state index contributed by atoms with van der Waals surface area (Å²) in [5.41, 5.74) is 1.19. The SMILES string of the molecule is CCCCCCCCC(CCCCCC)C(=O)OCCN(CCOC(=O)C(CCCCCC)CCCCCCCC)C(=O)CC(Cc1ccccc1)N(C)C. The van der Waals surface area contributed by atoms with E-state index in [1.165, 1.54) is 82.6 Å². The van der Waals surface area contributed by atoms with Gasteiger partial charge in [-0.2, -0.15) is 0 Å². The summed E-state index contributed by atoms with van der Waals surface area (Å²) in [6.45, 7) is 9.80. The van der Waals surface area contributed by atoms with Gasteiger partial charge in [0.2, 0.25) is 5.91 Å². The topological polar surface area (TPSA) is 76.1 Å². The van der Waals surface area contributed by atoms with E-state index in [-0.39, 0.29) is 48.9 Å². The van der Waals surface area contributed by atoms with Crippen molar-refractivity contribution in [1.82, 2.24) is 9.80 Å². The summed E-state index contributed by atoms with van der Waals surface area (Å²) in [6.07, 6.45) is 28.1. The summed E-state index contributed by atoms with van der Waals surface area (Å²) in [5, 5.41) is 0. The van der Waals surface area contributed by atoms with Crippen LogP contribution in [0.4, 0.5) is 0 Å². The van der Waals surface area contributed by atoms with E-state index in [1.807, 2.05) is 32.3 Å². The molecule has 0 heterocycles. The van der Waals surface area contributed by atoms with Gasteiger partial charge in [0, 0.05) is 12.5 Å². The minimum atomic E-state index is -0.125. The molecule has 0 aromatic heterocycles. The van der Waals surface area contributed by atoms with Crippen molar-refractivity contribution < 1.29 is 23.9 Å². The van der Waals surface area contributed by atoms with Crippen molar-refractivity contribution in [1.29, 1.82) is 0 Å². The van der Waals surface area contributed by atoms with Crippen LogP contribution in [0, 0.1) is 11.8 Å². The van der Waals surface area contributed by atoms with Crippen molar-refractivity contribution in [2.45, 2.75) is 201 Å². The van der Waals surface area contributed by atoms with E-state index in [9.17, 15) is 14.4 Å². The number of hydrogen-bond acceptors (Lipinski definition) is 6. The summed E-state index contributed by atoms with van der Waals surface area (Å²) in [7, 11) is 4.04. The Labute approximate surface area is 339 Å². The number of esters is 2. The molecule has 318 valence electrons. The molecular formula is C48H86N2O5. The van der Waals surface area contributed by atoms with E-state index in [4.69, 9.17) is 9.47 Å². The Bertz CT molecular complexity index is 1010. The molecule has 7 heteroatoms. The van der Waals surface area contributed by atoms with Gasteiger partial charge >= 0.3 is 11.9 Å². The molecule has 0 radical (unpaired) electrons. The summed E-state index contributed by atoms with van der Waals surface area (Å²) in [4.78, 5) is 44.8. The highest BCUT2D eigenvalue weighted by Gasteiger charge is 2.25. The van der Waals surface area contributed by atoms with Gasteiger partial charge in [0.25, 0.3) is 0 Å². The number of carbonyl (C=O) groups is 3. The number of nitrogens with zero attached hydrogens (tertiary/aromatic N) is 2. The maximum Gasteiger partial charge on any atom is 0.308 e. The average molecular weight is 771 g/mol. The molecular weight excluding hydrogens is 685 g/mol. The maximum atomic E-state index is 14.0. The highest BCUT2D eigenvalue weighted by Crippen LogP contribution is 2.22.